The van der Waals surface area contributed by atoms with Crippen LogP contribution in [0.3, 0.4) is 0 Å². The van der Waals surface area contributed by atoms with Crippen LogP contribution < -0.4 is 20.4 Å². The maximum atomic E-state index is 12.2. The van der Waals surface area contributed by atoms with Crippen molar-refractivity contribution in [3.8, 4) is 0 Å². The molecule has 1 saturated heterocycles. The largest absolute Gasteiger partial charge is 0.378 e. The molecule has 4 heterocycles. The summed E-state index contributed by atoms with van der Waals surface area (Å²) in [6, 6.07) is 8.21. The van der Waals surface area contributed by atoms with Crippen molar-refractivity contribution in [3.63, 3.8) is 0 Å². The number of aromatic nitrogens is 4. The number of nitrogens with zero attached hydrogens (tertiary/aromatic N) is 5. The SMILES string of the molecule is O=C1CN(Cc2ncc[nH]2)c2nc(Nc3ccc(N4CCOCC4)cc3)ncc2CN1. The van der Waals surface area contributed by atoms with Gasteiger partial charge in [-0.25, -0.2) is 9.97 Å². The summed E-state index contributed by atoms with van der Waals surface area (Å²) in [4.78, 5) is 32.9. The number of anilines is 4. The lowest BCUT2D eigenvalue weighted by atomic mass is 10.2. The molecule has 2 aliphatic heterocycles. The van der Waals surface area contributed by atoms with Gasteiger partial charge in [0.2, 0.25) is 11.9 Å². The van der Waals surface area contributed by atoms with Gasteiger partial charge in [0.1, 0.15) is 11.6 Å². The van der Waals surface area contributed by atoms with Gasteiger partial charge in [-0.3, -0.25) is 4.79 Å². The fourth-order valence-corrected chi connectivity index (χ4v) is 3.76. The Labute approximate surface area is 179 Å². The molecule has 1 amide bonds. The van der Waals surface area contributed by atoms with Gasteiger partial charge in [-0.2, -0.15) is 4.98 Å². The summed E-state index contributed by atoms with van der Waals surface area (Å²) in [5.74, 6) is 1.92. The van der Waals surface area contributed by atoms with Crippen LogP contribution in [0.4, 0.5) is 23.1 Å². The second-order valence-electron chi connectivity index (χ2n) is 7.48. The van der Waals surface area contributed by atoms with Gasteiger partial charge in [0.05, 0.1) is 26.3 Å². The standard InChI is InChI=1S/C21H24N8O2/c30-19-14-29(13-18-22-5-6-23-18)20-15(11-24-19)12-25-21(27-20)26-16-1-3-17(4-2-16)28-7-9-31-10-8-28/h1-6,12H,7-11,13-14H2,(H,22,23)(H,24,30)(H,25,26,27). The van der Waals surface area contributed by atoms with E-state index in [1.54, 1.807) is 18.6 Å². The lowest BCUT2D eigenvalue weighted by molar-refractivity contribution is -0.119. The number of imidazole rings is 1. The molecule has 0 atom stereocenters. The highest BCUT2D eigenvalue weighted by atomic mass is 16.5. The number of carbonyl (C=O) groups is 1. The molecule has 2 aliphatic rings. The Balaban J connectivity index is 1.35. The van der Waals surface area contributed by atoms with Crippen LogP contribution >= 0.6 is 0 Å². The molecule has 0 saturated carbocycles. The van der Waals surface area contributed by atoms with Gasteiger partial charge in [-0.05, 0) is 24.3 Å². The number of aromatic amines is 1. The van der Waals surface area contributed by atoms with Crippen molar-refractivity contribution in [2.75, 3.05) is 48.0 Å². The van der Waals surface area contributed by atoms with E-state index in [4.69, 9.17) is 9.72 Å². The molecule has 3 aromatic rings. The molecule has 10 nitrogen and oxygen atoms in total. The number of ether oxygens (including phenoxy) is 1. The molecule has 0 aliphatic carbocycles. The predicted molar refractivity (Wildman–Crippen MR) is 116 cm³/mol. The maximum Gasteiger partial charge on any atom is 0.239 e. The number of hydrogen-bond donors (Lipinski definition) is 3. The number of fused-ring (bicyclic) bond motifs is 1. The first-order chi connectivity index (χ1) is 15.2. The second kappa shape index (κ2) is 8.60. The van der Waals surface area contributed by atoms with Crippen LogP contribution in [0.5, 0.6) is 0 Å². The van der Waals surface area contributed by atoms with E-state index in [0.717, 1.165) is 49.2 Å². The minimum atomic E-state index is -0.0576. The molecule has 1 fully saturated rings. The minimum absolute atomic E-state index is 0.0576. The van der Waals surface area contributed by atoms with E-state index in [9.17, 15) is 4.79 Å². The van der Waals surface area contributed by atoms with Crippen LogP contribution in [-0.4, -0.2) is 58.7 Å². The summed E-state index contributed by atoms with van der Waals surface area (Å²) in [5, 5.41) is 6.17. The van der Waals surface area contributed by atoms with Crippen molar-refractivity contribution in [1.29, 1.82) is 0 Å². The smallest absolute Gasteiger partial charge is 0.239 e. The van der Waals surface area contributed by atoms with Gasteiger partial charge in [-0.15, -0.1) is 0 Å². The second-order valence-corrected chi connectivity index (χ2v) is 7.48. The molecule has 0 bridgehead atoms. The van der Waals surface area contributed by atoms with E-state index in [1.807, 2.05) is 17.0 Å². The third kappa shape index (κ3) is 4.43. The van der Waals surface area contributed by atoms with Crippen molar-refractivity contribution in [2.24, 2.45) is 0 Å². The Hall–Kier alpha value is -3.66. The van der Waals surface area contributed by atoms with Crippen LogP contribution in [0, 0.1) is 0 Å². The van der Waals surface area contributed by atoms with E-state index in [-0.39, 0.29) is 12.5 Å². The summed E-state index contributed by atoms with van der Waals surface area (Å²) in [6.45, 7) is 4.38. The van der Waals surface area contributed by atoms with Crippen molar-refractivity contribution in [3.05, 3.63) is 54.2 Å². The summed E-state index contributed by atoms with van der Waals surface area (Å²) in [7, 11) is 0. The molecule has 10 heteroatoms. The molecular formula is C21H24N8O2. The molecule has 31 heavy (non-hydrogen) atoms. The summed E-state index contributed by atoms with van der Waals surface area (Å²) >= 11 is 0. The molecular weight excluding hydrogens is 396 g/mol. The van der Waals surface area contributed by atoms with Crippen LogP contribution in [0.25, 0.3) is 0 Å². The van der Waals surface area contributed by atoms with E-state index >= 15 is 0 Å². The third-order valence-corrected chi connectivity index (χ3v) is 5.35. The lowest BCUT2D eigenvalue weighted by Gasteiger charge is -2.28. The first kappa shape index (κ1) is 19.3. The predicted octanol–water partition coefficient (Wildman–Crippen LogP) is 1.42. The number of hydrogen-bond acceptors (Lipinski definition) is 8. The first-order valence-electron chi connectivity index (χ1n) is 10.3. The van der Waals surface area contributed by atoms with E-state index in [0.29, 0.717) is 19.0 Å². The van der Waals surface area contributed by atoms with Crippen LogP contribution in [0.2, 0.25) is 0 Å². The highest BCUT2D eigenvalue weighted by Gasteiger charge is 2.23. The molecule has 0 unspecified atom stereocenters. The molecule has 0 spiro atoms. The molecule has 3 N–H and O–H groups in total. The zero-order valence-electron chi connectivity index (χ0n) is 17.0. The Morgan fingerprint density at radius 2 is 1.97 bits per heavy atom. The highest BCUT2D eigenvalue weighted by Crippen LogP contribution is 2.25. The number of nitrogens with one attached hydrogen (secondary N) is 3. The summed E-state index contributed by atoms with van der Waals surface area (Å²) in [6.07, 6.45) is 5.22. The van der Waals surface area contributed by atoms with Gasteiger partial charge in [0.15, 0.2) is 0 Å². The van der Waals surface area contributed by atoms with Crippen molar-refractivity contribution in [1.82, 2.24) is 25.3 Å². The zero-order chi connectivity index (χ0) is 21.0. The Bertz CT molecular complexity index is 1030. The quantitative estimate of drug-likeness (QED) is 0.568. The molecule has 160 valence electrons. The van der Waals surface area contributed by atoms with Gasteiger partial charge in [0.25, 0.3) is 0 Å². The van der Waals surface area contributed by atoms with Crippen LogP contribution in [0.1, 0.15) is 11.4 Å². The van der Waals surface area contributed by atoms with E-state index in [2.05, 4.69) is 42.6 Å². The maximum absolute atomic E-state index is 12.2. The molecule has 5 rings (SSSR count). The fraction of sp³-hybridized carbons (Fsp3) is 0.333. The average Bonchev–Trinajstić information content (AvgIpc) is 3.26. The van der Waals surface area contributed by atoms with Crippen molar-refractivity contribution >= 4 is 29.0 Å². The summed E-state index contributed by atoms with van der Waals surface area (Å²) in [5.41, 5.74) is 2.94. The number of H-pyrrole nitrogens is 1. The normalized spacial score (nSPS) is 16.5. The van der Waals surface area contributed by atoms with Crippen LogP contribution in [-0.2, 0) is 22.6 Å². The van der Waals surface area contributed by atoms with Crippen LogP contribution in [0.15, 0.2) is 42.9 Å². The Morgan fingerprint density at radius 1 is 1.13 bits per heavy atom. The third-order valence-electron chi connectivity index (χ3n) is 5.35. The Kier molecular flexibility index (Phi) is 5.36. The number of carbonyl (C=O) groups excluding carboxylic acids is 1. The van der Waals surface area contributed by atoms with Gasteiger partial charge < -0.3 is 30.2 Å². The van der Waals surface area contributed by atoms with Crippen molar-refractivity contribution < 1.29 is 9.53 Å². The zero-order valence-corrected chi connectivity index (χ0v) is 17.0. The average molecular weight is 420 g/mol. The fourth-order valence-electron chi connectivity index (χ4n) is 3.76. The van der Waals surface area contributed by atoms with E-state index in [1.165, 1.54) is 5.69 Å². The Morgan fingerprint density at radius 3 is 2.74 bits per heavy atom. The molecule has 0 radical (unpaired) electrons. The van der Waals surface area contributed by atoms with Gasteiger partial charge >= 0.3 is 0 Å². The number of morpholine rings is 1. The topological polar surface area (TPSA) is 111 Å². The summed E-state index contributed by atoms with van der Waals surface area (Å²) < 4.78 is 5.42. The lowest BCUT2D eigenvalue weighted by Crippen LogP contribution is -2.36. The van der Waals surface area contributed by atoms with Gasteiger partial charge in [-0.1, -0.05) is 0 Å². The molecule has 2 aromatic heterocycles. The van der Waals surface area contributed by atoms with Gasteiger partial charge in [0, 0.05) is 55.2 Å². The molecule has 1 aromatic carbocycles. The van der Waals surface area contributed by atoms with E-state index < -0.39 is 0 Å². The van der Waals surface area contributed by atoms with Crippen molar-refractivity contribution in [2.45, 2.75) is 13.1 Å². The monoisotopic (exact) mass is 420 g/mol. The minimum Gasteiger partial charge on any atom is -0.378 e. The number of rotatable bonds is 5. The number of benzene rings is 1. The number of amides is 1. The first-order valence-corrected chi connectivity index (χ1v) is 10.3. The highest BCUT2D eigenvalue weighted by molar-refractivity contribution is 5.82.